The van der Waals surface area contributed by atoms with Crippen LogP contribution < -0.4 is 0 Å². The van der Waals surface area contributed by atoms with E-state index >= 15 is 0 Å². The standard InChI is InChI=1S/C15H20O2S/c1-2-9-18-11-13(16)10-15-14-6-4-3-5-12(14)7-8-17-15/h3-6,15H,2,7-11H2,1H3. The predicted molar refractivity (Wildman–Crippen MR) is 76.1 cm³/mol. The molecule has 18 heavy (non-hydrogen) atoms. The molecule has 0 bridgehead atoms. The molecule has 0 N–H and O–H groups in total. The summed E-state index contributed by atoms with van der Waals surface area (Å²) < 4.78 is 5.75. The van der Waals surface area contributed by atoms with Gasteiger partial charge in [0.2, 0.25) is 0 Å². The lowest BCUT2D eigenvalue weighted by Gasteiger charge is -2.25. The highest BCUT2D eigenvalue weighted by Gasteiger charge is 2.22. The first-order chi connectivity index (χ1) is 8.81. The largest absolute Gasteiger partial charge is 0.373 e. The van der Waals surface area contributed by atoms with Crippen molar-refractivity contribution in [2.75, 3.05) is 18.1 Å². The third-order valence-corrected chi connectivity index (χ3v) is 4.34. The van der Waals surface area contributed by atoms with Crippen LogP contribution in [0.4, 0.5) is 0 Å². The SMILES string of the molecule is CCCSCC(=O)CC1OCCc2ccccc21. The van der Waals surface area contributed by atoms with Crippen molar-refractivity contribution in [3.05, 3.63) is 35.4 Å². The van der Waals surface area contributed by atoms with Gasteiger partial charge in [-0.2, -0.15) is 11.8 Å². The van der Waals surface area contributed by atoms with E-state index in [4.69, 9.17) is 4.74 Å². The van der Waals surface area contributed by atoms with Crippen LogP contribution in [0, 0.1) is 0 Å². The van der Waals surface area contributed by atoms with E-state index in [9.17, 15) is 4.79 Å². The Bertz CT molecular complexity index is 403. The third kappa shape index (κ3) is 3.59. The maximum absolute atomic E-state index is 11.9. The predicted octanol–water partition coefficient (Wildman–Crippen LogP) is 3.40. The van der Waals surface area contributed by atoms with Crippen LogP contribution in [0.1, 0.15) is 37.0 Å². The van der Waals surface area contributed by atoms with Gasteiger partial charge in [-0.3, -0.25) is 4.79 Å². The van der Waals surface area contributed by atoms with Crippen molar-refractivity contribution in [2.24, 2.45) is 0 Å². The topological polar surface area (TPSA) is 26.3 Å². The molecule has 0 aliphatic carbocycles. The highest BCUT2D eigenvalue weighted by Crippen LogP contribution is 2.29. The Balaban J connectivity index is 1.92. The van der Waals surface area contributed by atoms with E-state index in [-0.39, 0.29) is 6.10 Å². The molecule has 1 aliphatic rings. The lowest BCUT2D eigenvalue weighted by molar-refractivity contribution is -0.119. The molecule has 1 unspecified atom stereocenters. The van der Waals surface area contributed by atoms with Crippen molar-refractivity contribution in [1.29, 1.82) is 0 Å². The van der Waals surface area contributed by atoms with Gasteiger partial charge in [0.25, 0.3) is 0 Å². The van der Waals surface area contributed by atoms with E-state index < -0.39 is 0 Å². The minimum Gasteiger partial charge on any atom is -0.373 e. The highest BCUT2D eigenvalue weighted by molar-refractivity contribution is 7.99. The van der Waals surface area contributed by atoms with Gasteiger partial charge in [-0.25, -0.2) is 0 Å². The number of fused-ring (bicyclic) bond motifs is 1. The minimum absolute atomic E-state index is 0.0234. The number of ether oxygens (including phenoxy) is 1. The molecule has 1 aromatic carbocycles. The Hall–Kier alpha value is -0.800. The number of hydrogen-bond acceptors (Lipinski definition) is 3. The van der Waals surface area contributed by atoms with Crippen LogP contribution in [-0.4, -0.2) is 23.9 Å². The summed E-state index contributed by atoms with van der Waals surface area (Å²) in [6.07, 6.45) is 2.59. The van der Waals surface area contributed by atoms with Crippen LogP contribution in [0.15, 0.2) is 24.3 Å². The Morgan fingerprint density at radius 3 is 3.11 bits per heavy atom. The van der Waals surface area contributed by atoms with E-state index in [2.05, 4.69) is 25.1 Å². The van der Waals surface area contributed by atoms with Gasteiger partial charge in [-0.15, -0.1) is 0 Å². The number of carbonyl (C=O) groups is 1. The van der Waals surface area contributed by atoms with Crippen molar-refractivity contribution in [3.8, 4) is 0 Å². The molecule has 0 amide bonds. The zero-order valence-electron chi connectivity index (χ0n) is 10.9. The molecule has 98 valence electrons. The monoisotopic (exact) mass is 264 g/mol. The fraction of sp³-hybridized carbons (Fsp3) is 0.533. The van der Waals surface area contributed by atoms with Crippen molar-refractivity contribution < 1.29 is 9.53 Å². The number of ketones is 1. The molecular weight excluding hydrogens is 244 g/mol. The number of hydrogen-bond donors (Lipinski definition) is 0. The van der Waals surface area contributed by atoms with E-state index in [0.29, 0.717) is 18.0 Å². The maximum Gasteiger partial charge on any atom is 0.145 e. The van der Waals surface area contributed by atoms with Crippen LogP contribution in [0.5, 0.6) is 0 Å². The molecule has 2 nitrogen and oxygen atoms in total. The molecule has 0 radical (unpaired) electrons. The molecular formula is C15H20O2S. The quantitative estimate of drug-likeness (QED) is 0.737. The Morgan fingerprint density at radius 2 is 2.28 bits per heavy atom. The van der Waals surface area contributed by atoms with Crippen LogP contribution in [0.2, 0.25) is 0 Å². The van der Waals surface area contributed by atoms with Gasteiger partial charge in [0.1, 0.15) is 5.78 Å². The second-order valence-corrected chi connectivity index (χ2v) is 5.71. The van der Waals surface area contributed by atoms with Gasteiger partial charge >= 0.3 is 0 Å². The molecule has 0 spiro atoms. The second-order valence-electron chi connectivity index (χ2n) is 4.60. The molecule has 1 atom stereocenters. The van der Waals surface area contributed by atoms with E-state index in [1.54, 1.807) is 11.8 Å². The average Bonchev–Trinajstić information content (AvgIpc) is 2.39. The number of benzene rings is 1. The Kier molecular flexibility index (Phi) is 5.26. The van der Waals surface area contributed by atoms with Gasteiger partial charge in [0.15, 0.2) is 0 Å². The van der Waals surface area contributed by atoms with E-state index in [1.165, 1.54) is 11.1 Å². The first-order valence-electron chi connectivity index (χ1n) is 6.60. The van der Waals surface area contributed by atoms with Crippen LogP contribution in [0.3, 0.4) is 0 Å². The molecule has 0 saturated carbocycles. The molecule has 0 saturated heterocycles. The number of rotatable bonds is 6. The summed E-state index contributed by atoms with van der Waals surface area (Å²) in [6.45, 7) is 2.87. The lowest BCUT2D eigenvalue weighted by Crippen LogP contribution is -2.19. The zero-order chi connectivity index (χ0) is 12.8. The van der Waals surface area contributed by atoms with Gasteiger partial charge in [0.05, 0.1) is 18.5 Å². The molecule has 0 aromatic heterocycles. The number of Topliss-reactive ketones (excluding diaryl/α,β-unsaturated/α-hetero) is 1. The summed E-state index contributed by atoms with van der Waals surface area (Å²) in [5, 5.41) is 0. The summed E-state index contributed by atoms with van der Waals surface area (Å²) in [7, 11) is 0. The first-order valence-corrected chi connectivity index (χ1v) is 7.75. The zero-order valence-corrected chi connectivity index (χ0v) is 11.7. The fourth-order valence-electron chi connectivity index (χ4n) is 2.24. The van der Waals surface area contributed by atoms with E-state index in [1.807, 2.05) is 6.07 Å². The summed E-state index contributed by atoms with van der Waals surface area (Å²) in [5.41, 5.74) is 2.54. The van der Waals surface area contributed by atoms with Crippen molar-refractivity contribution in [2.45, 2.75) is 32.3 Å². The van der Waals surface area contributed by atoms with Crippen LogP contribution in [0.25, 0.3) is 0 Å². The molecule has 0 fully saturated rings. The van der Waals surface area contributed by atoms with Crippen LogP contribution in [-0.2, 0) is 16.0 Å². The molecule has 1 aromatic rings. The van der Waals surface area contributed by atoms with Crippen molar-refractivity contribution >= 4 is 17.5 Å². The number of thioether (sulfide) groups is 1. The summed E-state index contributed by atoms with van der Waals surface area (Å²) >= 11 is 1.73. The van der Waals surface area contributed by atoms with Crippen LogP contribution >= 0.6 is 11.8 Å². The van der Waals surface area contributed by atoms with Gasteiger partial charge < -0.3 is 4.74 Å². The second kappa shape index (κ2) is 6.95. The lowest BCUT2D eigenvalue weighted by atomic mass is 9.95. The smallest absolute Gasteiger partial charge is 0.145 e. The van der Waals surface area contributed by atoms with E-state index in [0.717, 1.165) is 25.2 Å². The van der Waals surface area contributed by atoms with Gasteiger partial charge in [-0.1, -0.05) is 31.2 Å². The Labute approximate surface area is 113 Å². The van der Waals surface area contributed by atoms with Crippen molar-refractivity contribution in [3.63, 3.8) is 0 Å². The summed E-state index contributed by atoms with van der Waals surface area (Å²) in [6, 6.07) is 8.31. The molecule has 1 aliphatic heterocycles. The third-order valence-electron chi connectivity index (χ3n) is 3.12. The number of carbonyl (C=O) groups excluding carboxylic acids is 1. The molecule has 1 heterocycles. The molecule has 2 rings (SSSR count). The normalized spacial score (nSPS) is 18.4. The average molecular weight is 264 g/mol. The maximum atomic E-state index is 11.9. The Morgan fingerprint density at radius 1 is 1.44 bits per heavy atom. The van der Waals surface area contributed by atoms with Gasteiger partial charge in [0, 0.05) is 6.42 Å². The molecule has 3 heteroatoms. The van der Waals surface area contributed by atoms with Gasteiger partial charge in [-0.05, 0) is 29.7 Å². The first kappa shape index (κ1) is 13.6. The highest BCUT2D eigenvalue weighted by atomic mass is 32.2. The fourth-order valence-corrected chi connectivity index (χ4v) is 3.02. The van der Waals surface area contributed by atoms with Crippen molar-refractivity contribution in [1.82, 2.24) is 0 Å². The summed E-state index contributed by atoms with van der Waals surface area (Å²) in [5.74, 6) is 1.99. The minimum atomic E-state index is -0.0234. The summed E-state index contributed by atoms with van der Waals surface area (Å²) in [4.78, 5) is 11.9.